The van der Waals surface area contributed by atoms with Crippen molar-refractivity contribution in [1.82, 2.24) is 4.90 Å². The van der Waals surface area contributed by atoms with Crippen molar-refractivity contribution in [3.8, 4) is 0 Å². The maximum atomic E-state index is 11.4. The van der Waals surface area contributed by atoms with E-state index < -0.39 is 0 Å². The van der Waals surface area contributed by atoms with Crippen molar-refractivity contribution in [2.45, 2.75) is 45.6 Å². The van der Waals surface area contributed by atoms with Gasteiger partial charge in [0.25, 0.3) is 0 Å². The number of carbonyl (C=O) groups excluding carboxylic acids is 1. The monoisotopic (exact) mass is 198 g/mol. The maximum Gasteiger partial charge on any atom is 0.222 e. The molecule has 0 radical (unpaired) electrons. The van der Waals surface area contributed by atoms with Crippen LogP contribution in [-0.4, -0.2) is 29.9 Å². The van der Waals surface area contributed by atoms with Gasteiger partial charge in [0.15, 0.2) is 0 Å². The summed E-state index contributed by atoms with van der Waals surface area (Å²) in [6, 6.07) is 0.310. The van der Waals surface area contributed by atoms with Gasteiger partial charge in [-0.1, -0.05) is 13.8 Å². The lowest BCUT2D eigenvalue weighted by Gasteiger charge is -2.17. The Morgan fingerprint density at radius 3 is 2.86 bits per heavy atom. The molecule has 14 heavy (non-hydrogen) atoms. The molecule has 2 N–H and O–H groups in total. The van der Waals surface area contributed by atoms with Crippen LogP contribution >= 0.6 is 0 Å². The number of carbonyl (C=O) groups is 1. The topological polar surface area (TPSA) is 46.3 Å². The van der Waals surface area contributed by atoms with Crippen LogP contribution in [0.15, 0.2) is 0 Å². The molecule has 0 spiro atoms. The van der Waals surface area contributed by atoms with Crippen molar-refractivity contribution in [1.29, 1.82) is 0 Å². The highest BCUT2D eigenvalue weighted by molar-refractivity contribution is 5.78. The van der Waals surface area contributed by atoms with Gasteiger partial charge in [-0.3, -0.25) is 4.79 Å². The minimum atomic E-state index is 0.310. The number of nitrogens with two attached hydrogens (primary N) is 1. The van der Waals surface area contributed by atoms with E-state index in [1.807, 2.05) is 4.90 Å². The highest BCUT2D eigenvalue weighted by Crippen LogP contribution is 2.17. The summed E-state index contributed by atoms with van der Waals surface area (Å²) in [5.41, 5.74) is 5.82. The Labute approximate surface area is 86.6 Å². The predicted octanol–water partition coefficient (Wildman–Crippen LogP) is 1.37. The van der Waals surface area contributed by atoms with E-state index in [0.717, 1.165) is 38.8 Å². The average Bonchev–Trinajstić information content (AvgIpc) is 2.45. The molecule has 0 saturated carbocycles. The van der Waals surface area contributed by atoms with Crippen LogP contribution < -0.4 is 5.73 Å². The van der Waals surface area contributed by atoms with Gasteiger partial charge in [-0.15, -0.1) is 0 Å². The lowest BCUT2D eigenvalue weighted by Crippen LogP contribution is -2.28. The summed E-state index contributed by atoms with van der Waals surface area (Å²) in [5, 5.41) is 0. The van der Waals surface area contributed by atoms with Crippen LogP contribution in [-0.2, 0) is 4.79 Å². The smallest absolute Gasteiger partial charge is 0.222 e. The van der Waals surface area contributed by atoms with Crippen LogP contribution in [0.4, 0.5) is 0 Å². The van der Waals surface area contributed by atoms with Crippen molar-refractivity contribution in [3.05, 3.63) is 0 Å². The van der Waals surface area contributed by atoms with Crippen LogP contribution in [0.1, 0.15) is 39.5 Å². The molecule has 0 aromatic heterocycles. The first kappa shape index (κ1) is 11.5. The first-order valence-corrected chi connectivity index (χ1v) is 5.66. The molecule has 1 aliphatic rings. The summed E-state index contributed by atoms with van der Waals surface area (Å²) in [5.74, 6) is 0.866. The molecular formula is C11H22N2O. The Morgan fingerprint density at radius 2 is 2.36 bits per heavy atom. The maximum absolute atomic E-state index is 11.4. The molecule has 3 nitrogen and oxygen atoms in total. The van der Waals surface area contributed by atoms with E-state index in [9.17, 15) is 4.79 Å². The van der Waals surface area contributed by atoms with Crippen molar-refractivity contribution in [2.75, 3.05) is 13.1 Å². The molecule has 1 saturated heterocycles. The number of likely N-dealkylation sites (tertiary alicyclic amines) is 1. The molecule has 2 atom stereocenters. The highest BCUT2D eigenvalue weighted by atomic mass is 16.2. The Bertz CT molecular complexity index is 194. The SMILES string of the molecule is CCC(N)CCCN1CC(C)CC1=O. The van der Waals surface area contributed by atoms with E-state index in [4.69, 9.17) is 5.73 Å². The second-order valence-electron chi connectivity index (χ2n) is 4.46. The first-order valence-electron chi connectivity index (χ1n) is 5.66. The number of amides is 1. The molecule has 0 aliphatic carbocycles. The van der Waals surface area contributed by atoms with Crippen molar-refractivity contribution in [3.63, 3.8) is 0 Å². The van der Waals surface area contributed by atoms with Crippen LogP contribution in [0.5, 0.6) is 0 Å². The predicted molar refractivity (Wildman–Crippen MR) is 57.9 cm³/mol. The van der Waals surface area contributed by atoms with Crippen molar-refractivity contribution >= 4 is 5.91 Å². The average molecular weight is 198 g/mol. The summed E-state index contributed by atoms with van der Waals surface area (Å²) in [6.45, 7) is 6.08. The van der Waals surface area contributed by atoms with Crippen LogP contribution in [0.3, 0.4) is 0 Å². The molecule has 1 amide bonds. The highest BCUT2D eigenvalue weighted by Gasteiger charge is 2.25. The summed E-state index contributed by atoms with van der Waals surface area (Å²) < 4.78 is 0. The Hall–Kier alpha value is -0.570. The van der Waals surface area contributed by atoms with Crippen LogP contribution in [0.25, 0.3) is 0 Å². The lowest BCUT2D eigenvalue weighted by molar-refractivity contribution is -0.127. The van der Waals surface area contributed by atoms with E-state index in [2.05, 4.69) is 13.8 Å². The zero-order chi connectivity index (χ0) is 10.6. The minimum Gasteiger partial charge on any atom is -0.342 e. The Morgan fingerprint density at radius 1 is 1.64 bits per heavy atom. The van der Waals surface area contributed by atoms with Gasteiger partial charge in [0.1, 0.15) is 0 Å². The fourth-order valence-electron chi connectivity index (χ4n) is 1.93. The number of hydrogen-bond acceptors (Lipinski definition) is 2. The number of nitrogens with zero attached hydrogens (tertiary/aromatic N) is 1. The molecular weight excluding hydrogens is 176 g/mol. The molecule has 1 fully saturated rings. The zero-order valence-corrected chi connectivity index (χ0v) is 9.33. The molecule has 0 bridgehead atoms. The largest absolute Gasteiger partial charge is 0.342 e. The second kappa shape index (κ2) is 5.35. The van der Waals surface area contributed by atoms with Gasteiger partial charge < -0.3 is 10.6 Å². The van der Waals surface area contributed by atoms with Gasteiger partial charge in [-0.2, -0.15) is 0 Å². The van der Waals surface area contributed by atoms with E-state index in [1.54, 1.807) is 0 Å². The molecule has 3 heteroatoms. The van der Waals surface area contributed by atoms with E-state index in [1.165, 1.54) is 0 Å². The Kier molecular flexibility index (Phi) is 4.39. The first-order chi connectivity index (χ1) is 6.63. The minimum absolute atomic E-state index is 0.310. The van der Waals surface area contributed by atoms with Crippen molar-refractivity contribution < 1.29 is 4.79 Å². The van der Waals surface area contributed by atoms with Gasteiger partial charge in [-0.25, -0.2) is 0 Å². The summed E-state index contributed by atoms with van der Waals surface area (Å²) in [4.78, 5) is 13.4. The molecule has 82 valence electrons. The van der Waals surface area contributed by atoms with Crippen LogP contribution in [0, 0.1) is 5.92 Å². The van der Waals surface area contributed by atoms with Gasteiger partial charge >= 0.3 is 0 Å². The zero-order valence-electron chi connectivity index (χ0n) is 9.33. The van der Waals surface area contributed by atoms with E-state index in [-0.39, 0.29) is 0 Å². The van der Waals surface area contributed by atoms with Crippen LogP contribution in [0.2, 0.25) is 0 Å². The molecule has 1 aliphatic heterocycles. The van der Waals surface area contributed by atoms with Gasteiger partial charge in [0.05, 0.1) is 0 Å². The number of rotatable bonds is 5. The number of hydrogen-bond donors (Lipinski definition) is 1. The lowest BCUT2D eigenvalue weighted by atomic mass is 10.1. The fraction of sp³-hybridized carbons (Fsp3) is 0.909. The molecule has 0 aromatic carbocycles. The summed E-state index contributed by atoms with van der Waals surface area (Å²) in [6.07, 6.45) is 3.85. The van der Waals surface area contributed by atoms with Gasteiger partial charge in [0.2, 0.25) is 5.91 Å². The summed E-state index contributed by atoms with van der Waals surface area (Å²) >= 11 is 0. The van der Waals surface area contributed by atoms with E-state index >= 15 is 0 Å². The van der Waals surface area contributed by atoms with Gasteiger partial charge in [-0.05, 0) is 25.2 Å². The quantitative estimate of drug-likeness (QED) is 0.725. The second-order valence-corrected chi connectivity index (χ2v) is 4.46. The molecule has 1 heterocycles. The normalized spacial score (nSPS) is 24.4. The molecule has 1 rings (SSSR count). The molecule has 0 aromatic rings. The Balaban J connectivity index is 2.15. The third-order valence-electron chi connectivity index (χ3n) is 2.94. The van der Waals surface area contributed by atoms with E-state index in [0.29, 0.717) is 17.9 Å². The summed E-state index contributed by atoms with van der Waals surface area (Å²) in [7, 11) is 0. The third kappa shape index (κ3) is 3.29. The standard InChI is InChI=1S/C11H22N2O/c1-3-10(12)5-4-6-13-8-9(2)7-11(13)14/h9-10H,3-8,12H2,1-2H3. The fourth-order valence-corrected chi connectivity index (χ4v) is 1.93. The third-order valence-corrected chi connectivity index (χ3v) is 2.94. The molecule has 2 unspecified atom stereocenters. The van der Waals surface area contributed by atoms with Gasteiger partial charge in [0, 0.05) is 25.6 Å². The van der Waals surface area contributed by atoms with Crippen molar-refractivity contribution in [2.24, 2.45) is 11.7 Å².